The SMILES string of the molecule is C[C@H]1c2ccccc2N(Cc2c(F)cc(F)cc2F)C(=O)N1C. The van der Waals surface area contributed by atoms with Gasteiger partial charge in [-0.05, 0) is 18.6 Å². The van der Waals surface area contributed by atoms with Gasteiger partial charge in [0.25, 0.3) is 0 Å². The van der Waals surface area contributed by atoms with Crippen LogP contribution in [0.15, 0.2) is 36.4 Å². The second kappa shape index (κ2) is 5.61. The third-order valence-corrected chi connectivity index (χ3v) is 4.21. The molecule has 0 unspecified atom stereocenters. The molecule has 3 nitrogen and oxygen atoms in total. The van der Waals surface area contributed by atoms with Gasteiger partial charge in [-0.15, -0.1) is 0 Å². The summed E-state index contributed by atoms with van der Waals surface area (Å²) in [5.41, 5.74) is 1.15. The molecule has 0 spiro atoms. The molecule has 0 fully saturated rings. The van der Waals surface area contributed by atoms with E-state index < -0.39 is 17.5 Å². The first kappa shape index (κ1) is 15.4. The normalized spacial score (nSPS) is 17.4. The molecule has 1 aliphatic rings. The molecule has 0 N–H and O–H groups in total. The van der Waals surface area contributed by atoms with E-state index in [9.17, 15) is 18.0 Å². The van der Waals surface area contributed by atoms with Crippen LogP contribution in [-0.4, -0.2) is 18.0 Å². The van der Waals surface area contributed by atoms with Gasteiger partial charge in [-0.2, -0.15) is 0 Å². The van der Waals surface area contributed by atoms with Gasteiger partial charge in [0.05, 0.1) is 18.3 Å². The lowest BCUT2D eigenvalue weighted by atomic mass is 10.0. The molecule has 3 rings (SSSR count). The van der Waals surface area contributed by atoms with Gasteiger partial charge in [-0.1, -0.05) is 18.2 Å². The lowest BCUT2D eigenvalue weighted by molar-refractivity contribution is 0.196. The number of hydrogen-bond donors (Lipinski definition) is 0. The maximum absolute atomic E-state index is 13.9. The number of hydrogen-bond acceptors (Lipinski definition) is 1. The molecule has 2 amide bonds. The first-order valence-electron chi connectivity index (χ1n) is 7.17. The zero-order valence-electron chi connectivity index (χ0n) is 12.7. The minimum atomic E-state index is -1.01. The van der Waals surface area contributed by atoms with E-state index in [-0.39, 0.29) is 24.2 Å². The maximum Gasteiger partial charge on any atom is 0.325 e. The summed E-state index contributed by atoms with van der Waals surface area (Å²) < 4.78 is 40.9. The summed E-state index contributed by atoms with van der Waals surface area (Å²) in [5, 5.41) is 0. The number of halogens is 3. The molecule has 120 valence electrons. The van der Waals surface area contributed by atoms with E-state index in [1.165, 1.54) is 9.80 Å². The van der Waals surface area contributed by atoms with Crippen molar-refractivity contribution in [2.75, 3.05) is 11.9 Å². The summed E-state index contributed by atoms with van der Waals surface area (Å²) in [6.07, 6.45) is 0. The topological polar surface area (TPSA) is 23.6 Å². The molecule has 1 atom stereocenters. The Kier molecular flexibility index (Phi) is 3.75. The molecule has 6 heteroatoms. The molecular formula is C17H15F3N2O. The van der Waals surface area contributed by atoms with Gasteiger partial charge in [0.1, 0.15) is 17.5 Å². The Morgan fingerprint density at radius 2 is 1.70 bits per heavy atom. The number of carbonyl (C=O) groups excluding carboxylic acids is 1. The summed E-state index contributed by atoms with van der Waals surface area (Å²) in [7, 11) is 1.63. The largest absolute Gasteiger partial charge is 0.325 e. The van der Waals surface area contributed by atoms with E-state index in [1.54, 1.807) is 19.2 Å². The smallest absolute Gasteiger partial charge is 0.321 e. The summed E-state index contributed by atoms with van der Waals surface area (Å²) >= 11 is 0. The van der Waals surface area contributed by atoms with E-state index >= 15 is 0 Å². The van der Waals surface area contributed by atoms with Crippen LogP contribution in [0.1, 0.15) is 24.1 Å². The third kappa shape index (κ3) is 2.54. The van der Waals surface area contributed by atoms with Crippen molar-refractivity contribution in [1.29, 1.82) is 0 Å². The molecule has 1 heterocycles. The van der Waals surface area contributed by atoms with E-state index in [4.69, 9.17) is 0 Å². The van der Waals surface area contributed by atoms with Crippen LogP contribution in [0, 0.1) is 17.5 Å². The molecule has 0 bridgehead atoms. The Bertz CT molecular complexity index is 755. The van der Waals surface area contributed by atoms with Crippen molar-refractivity contribution >= 4 is 11.7 Å². The average Bonchev–Trinajstić information content (AvgIpc) is 2.51. The second-order valence-corrected chi connectivity index (χ2v) is 5.56. The Labute approximate surface area is 131 Å². The fraction of sp³-hybridized carbons (Fsp3) is 0.235. The highest BCUT2D eigenvalue weighted by atomic mass is 19.1. The van der Waals surface area contributed by atoms with Crippen LogP contribution in [0.5, 0.6) is 0 Å². The van der Waals surface area contributed by atoms with Gasteiger partial charge in [0, 0.05) is 24.7 Å². The number of amides is 2. The van der Waals surface area contributed by atoms with Crippen molar-refractivity contribution in [1.82, 2.24) is 4.90 Å². The van der Waals surface area contributed by atoms with E-state index in [1.807, 2.05) is 19.1 Å². The number of rotatable bonds is 2. The summed E-state index contributed by atoms with van der Waals surface area (Å²) in [6, 6.07) is 7.93. The fourth-order valence-corrected chi connectivity index (χ4v) is 2.79. The highest BCUT2D eigenvalue weighted by Crippen LogP contribution is 2.36. The van der Waals surface area contributed by atoms with Crippen molar-refractivity contribution in [3.63, 3.8) is 0 Å². The van der Waals surface area contributed by atoms with Crippen LogP contribution in [0.3, 0.4) is 0 Å². The minimum Gasteiger partial charge on any atom is -0.321 e. The van der Waals surface area contributed by atoms with Crippen LogP contribution < -0.4 is 4.90 Å². The monoisotopic (exact) mass is 320 g/mol. The molecule has 2 aromatic carbocycles. The molecule has 23 heavy (non-hydrogen) atoms. The molecular weight excluding hydrogens is 305 g/mol. The lowest BCUT2D eigenvalue weighted by Gasteiger charge is -2.39. The quantitative estimate of drug-likeness (QED) is 0.812. The number of urea groups is 1. The molecule has 0 aliphatic carbocycles. The van der Waals surface area contributed by atoms with Crippen molar-refractivity contribution in [3.8, 4) is 0 Å². The predicted molar refractivity (Wildman–Crippen MR) is 80.5 cm³/mol. The van der Waals surface area contributed by atoms with Crippen molar-refractivity contribution in [2.45, 2.75) is 19.5 Å². The molecule has 0 saturated carbocycles. The van der Waals surface area contributed by atoms with Crippen molar-refractivity contribution in [2.24, 2.45) is 0 Å². The summed E-state index contributed by atoms with van der Waals surface area (Å²) in [5.74, 6) is -3.00. The molecule has 1 aliphatic heterocycles. The van der Waals surface area contributed by atoms with E-state index in [0.29, 0.717) is 17.8 Å². The van der Waals surface area contributed by atoms with Crippen molar-refractivity contribution < 1.29 is 18.0 Å². The second-order valence-electron chi connectivity index (χ2n) is 5.56. The zero-order chi connectivity index (χ0) is 16.7. The van der Waals surface area contributed by atoms with Crippen LogP contribution in [0.25, 0.3) is 0 Å². The average molecular weight is 320 g/mol. The van der Waals surface area contributed by atoms with Gasteiger partial charge in [-0.3, -0.25) is 4.90 Å². The molecule has 2 aromatic rings. The Hall–Kier alpha value is -2.50. The Balaban J connectivity index is 2.06. The summed E-state index contributed by atoms with van der Waals surface area (Å²) in [6.45, 7) is 1.58. The van der Waals surface area contributed by atoms with Gasteiger partial charge < -0.3 is 4.90 Å². The van der Waals surface area contributed by atoms with Gasteiger partial charge >= 0.3 is 6.03 Å². The highest BCUT2D eigenvalue weighted by Gasteiger charge is 2.33. The van der Waals surface area contributed by atoms with Crippen LogP contribution in [0.4, 0.5) is 23.7 Å². The minimum absolute atomic E-state index is 0.141. The molecule has 0 saturated heterocycles. The number of carbonyl (C=O) groups is 1. The lowest BCUT2D eigenvalue weighted by Crippen LogP contribution is -2.46. The number of para-hydroxylation sites is 1. The standard InChI is InChI=1S/C17H15F3N2O/c1-10-12-5-3-4-6-16(12)22(17(23)21(10)2)9-13-14(19)7-11(18)8-15(13)20/h3-8,10H,9H2,1-2H3/t10-/m0/s1. The predicted octanol–water partition coefficient (Wildman–Crippen LogP) is 4.24. The number of fused-ring (bicyclic) bond motifs is 1. The van der Waals surface area contributed by atoms with Crippen LogP contribution >= 0.6 is 0 Å². The highest BCUT2D eigenvalue weighted by molar-refractivity contribution is 5.95. The number of nitrogens with zero attached hydrogens (tertiary/aromatic N) is 2. The number of benzene rings is 2. The maximum atomic E-state index is 13.9. The zero-order valence-corrected chi connectivity index (χ0v) is 12.7. The van der Waals surface area contributed by atoms with E-state index in [2.05, 4.69) is 0 Å². The first-order chi connectivity index (χ1) is 10.9. The summed E-state index contributed by atoms with van der Waals surface area (Å²) in [4.78, 5) is 15.3. The van der Waals surface area contributed by atoms with Gasteiger partial charge in [-0.25, -0.2) is 18.0 Å². The molecule has 0 radical (unpaired) electrons. The number of anilines is 1. The van der Waals surface area contributed by atoms with Gasteiger partial charge in [0.2, 0.25) is 0 Å². The fourth-order valence-electron chi connectivity index (χ4n) is 2.79. The van der Waals surface area contributed by atoms with Crippen molar-refractivity contribution in [3.05, 3.63) is 65.0 Å². The van der Waals surface area contributed by atoms with Gasteiger partial charge in [0.15, 0.2) is 0 Å². The van der Waals surface area contributed by atoms with Crippen LogP contribution in [-0.2, 0) is 6.54 Å². The van der Waals surface area contributed by atoms with Crippen LogP contribution in [0.2, 0.25) is 0 Å². The first-order valence-corrected chi connectivity index (χ1v) is 7.17. The Morgan fingerprint density at radius 1 is 1.09 bits per heavy atom. The molecule has 0 aromatic heterocycles. The third-order valence-electron chi connectivity index (χ3n) is 4.21. The Morgan fingerprint density at radius 3 is 2.35 bits per heavy atom. The van der Waals surface area contributed by atoms with E-state index in [0.717, 1.165) is 5.56 Å².